The number of fused-ring (bicyclic) bond motifs is 1. The maximum Gasteiger partial charge on any atom is 0.134 e. The van der Waals surface area contributed by atoms with Gasteiger partial charge in [0.1, 0.15) is 11.3 Å². The van der Waals surface area contributed by atoms with E-state index in [0.29, 0.717) is 0 Å². The third-order valence-corrected chi connectivity index (χ3v) is 3.14. The lowest BCUT2D eigenvalue weighted by atomic mass is 9.86. The zero-order valence-electron chi connectivity index (χ0n) is 12.4. The molecule has 0 saturated carbocycles. The largest absolute Gasteiger partial charge is 0.461 e. The second-order valence-electron chi connectivity index (χ2n) is 7.45. The van der Waals surface area contributed by atoms with Crippen LogP contribution in [0, 0.1) is 5.41 Å². The van der Waals surface area contributed by atoms with Gasteiger partial charge in [0, 0.05) is 11.8 Å². The zero-order valence-corrected chi connectivity index (χ0v) is 12.4. The third kappa shape index (κ3) is 2.95. The van der Waals surface area contributed by atoms with Crippen LogP contribution >= 0.6 is 0 Å². The van der Waals surface area contributed by atoms with Gasteiger partial charge in [-0.3, -0.25) is 0 Å². The highest BCUT2D eigenvalue weighted by atomic mass is 16.3. The Hall–Kier alpha value is -1.24. The normalized spacial score (nSPS) is 13.2. The fourth-order valence-electron chi connectivity index (χ4n) is 2.17. The topological polar surface area (TPSA) is 13.1 Å². The molecule has 1 aromatic carbocycles. The highest BCUT2D eigenvalue weighted by Gasteiger charge is 2.17. The van der Waals surface area contributed by atoms with Crippen molar-refractivity contribution in [3.63, 3.8) is 0 Å². The van der Waals surface area contributed by atoms with Crippen LogP contribution in [0.25, 0.3) is 11.0 Å². The maximum absolute atomic E-state index is 5.91. The minimum Gasteiger partial charge on any atom is -0.461 e. The molecule has 2 rings (SSSR count). The van der Waals surface area contributed by atoms with E-state index in [-0.39, 0.29) is 10.8 Å². The monoisotopic (exact) mass is 244 g/mol. The van der Waals surface area contributed by atoms with Gasteiger partial charge in [-0.1, -0.05) is 47.6 Å². The molecule has 0 spiro atoms. The molecule has 0 unspecified atom stereocenters. The molecule has 1 heteroatoms. The summed E-state index contributed by atoms with van der Waals surface area (Å²) in [5.74, 6) is 1.09. The average Bonchev–Trinajstić information content (AvgIpc) is 2.53. The Labute approximate surface area is 110 Å². The number of hydrogen-bond acceptors (Lipinski definition) is 1. The van der Waals surface area contributed by atoms with Crippen molar-refractivity contribution in [2.75, 3.05) is 0 Å². The second kappa shape index (κ2) is 4.15. The van der Waals surface area contributed by atoms with Gasteiger partial charge < -0.3 is 4.42 Å². The van der Waals surface area contributed by atoms with Crippen molar-refractivity contribution in [1.29, 1.82) is 0 Å². The van der Waals surface area contributed by atoms with Gasteiger partial charge in [-0.05, 0) is 34.6 Å². The van der Waals surface area contributed by atoms with Crippen LogP contribution in [-0.4, -0.2) is 0 Å². The lowest BCUT2D eigenvalue weighted by Gasteiger charge is -2.18. The maximum atomic E-state index is 5.91. The lowest BCUT2D eigenvalue weighted by molar-refractivity contribution is 0.370. The summed E-state index contributed by atoms with van der Waals surface area (Å²) in [6.45, 7) is 13.4. The summed E-state index contributed by atoms with van der Waals surface area (Å²) in [6, 6.07) is 8.72. The van der Waals surface area contributed by atoms with Crippen molar-refractivity contribution in [2.24, 2.45) is 5.41 Å². The van der Waals surface area contributed by atoms with Crippen LogP contribution in [0.1, 0.15) is 52.9 Å². The summed E-state index contributed by atoms with van der Waals surface area (Å²) < 4.78 is 5.91. The Bertz CT molecular complexity index is 547. The van der Waals surface area contributed by atoms with Crippen LogP contribution in [0.4, 0.5) is 0 Å². The second-order valence-corrected chi connectivity index (χ2v) is 7.45. The first-order chi connectivity index (χ1) is 8.15. The molecule has 2 aromatic rings. The first-order valence-corrected chi connectivity index (χ1v) is 6.68. The Balaban J connectivity index is 2.40. The van der Waals surface area contributed by atoms with E-state index in [0.717, 1.165) is 17.8 Å². The molecule has 0 fully saturated rings. The Morgan fingerprint density at radius 2 is 1.61 bits per heavy atom. The predicted molar refractivity (Wildman–Crippen MR) is 78.1 cm³/mol. The summed E-state index contributed by atoms with van der Waals surface area (Å²) in [6.07, 6.45) is 0.979. The SMILES string of the molecule is CC(C)(C)Cc1cc2cc(C(C)(C)C)ccc2o1. The van der Waals surface area contributed by atoms with Gasteiger partial charge in [0.2, 0.25) is 0 Å². The molecule has 0 radical (unpaired) electrons. The number of rotatable bonds is 1. The van der Waals surface area contributed by atoms with E-state index in [2.05, 4.69) is 65.8 Å². The lowest BCUT2D eigenvalue weighted by Crippen LogP contribution is -2.10. The molecule has 1 aromatic heterocycles. The van der Waals surface area contributed by atoms with E-state index in [1.807, 2.05) is 0 Å². The number of benzene rings is 1. The van der Waals surface area contributed by atoms with Crippen LogP contribution in [0.5, 0.6) is 0 Å². The Morgan fingerprint density at radius 3 is 2.17 bits per heavy atom. The summed E-state index contributed by atoms with van der Waals surface area (Å²) in [7, 11) is 0. The Morgan fingerprint density at radius 1 is 0.944 bits per heavy atom. The number of hydrogen-bond donors (Lipinski definition) is 0. The van der Waals surface area contributed by atoms with Crippen molar-refractivity contribution in [3.05, 3.63) is 35.6 Å². The van der Waals surface area contributed by atoms with Gasteiger partial charge >= 0.3 is 0 Å². The van der Waals surface area contributed by atoms with E-state index in [9.17, 15) is 0 Å². The average molecular weight is 244 g/mol. The molecule has 0 bridgehead atoms. The van der Waals surface area contributed by atoms with Crippen LogP contribution in [0.15, 0.2) is 28.7 Å². The van der Waals surface area contributed by atoms with E-state index >= 15 is 0 Å². The minimum absolute atomic E-state index is 0.190. The van der Waals surface area contributed by atoms with Crippen LogP contribution < -0.4 is 0 Å². The summed E-state index contributed by atoms with van der Waals surface area (Å²) in [5, 5.41) is 1.22. The van der Waals surface area contributed by atoms with Crippen molar-refractivity contribution < 1.29 is 4.42 Å². The van der Waals surface area contributed by atoms with E-state index in [4.69, 9.17) is 4.42 Å². The zero-order chi connectivity index (χ0) is 13.6. The van der Waals surface area contributed by atoms with Crippen LogP contribution in [0.2, 0.25) is 0 Å². The molecule has 0 atom stereocenters. The van der Waals surface area contributed by atoms with E-state index < -0.39 is 0 Å². The van der Waals surface area contributed by atoms with Crippen molar-refractivity contribution in [3.8, 4) is 0 Å². The Kier molecular flexibility index (Phi) is 3.04. The fourth-order valence-corrected chi connectivity index (χ4v) is 2.17. The van der Waals surface area contributed by atoms with Gasteiger partial charge in [-0.25, -0.2) is 0 Å². The van der Waals surface area contributed by atoms with Gasteiger partial charge in [-0.2, -0.15) is 0 Å². The molecule has 0 N–H and O–H groups in total. The van der Waals surface area contributed by atoms with Crippen LogP contribution in [0.3, 0.4) is 0 Å². The molecule has 18 heavy (non-hydrogen) atoms. The van der Waals surface area contributed by atoms with Crippen LogP contribution in [-0.2, 0) is 11.8 Å². The summed E-state index contributed by atoms with van der Waals surface area (Å²) >= 11 is 0. The van der Waals surface area contributed by atoms with Crippen molar-refractivity contribution in [2.45, 2.75) is 53.4 Å². The van der Waals surface area contributed by atoms with Gasteiger partial charge in [0.05, 0.1) is 0 Å². The van der Waals surface area contributed by atoms with Crippen molar-refractivity contribution >= 4 is 11.0 Å². The molecular weight excluding hydrogens is 220 g/mol. The molecule has 0 aliphatic heterocycles. The van der Waals surface area contributed by atoms with E-state index in [1.54, 1.807) is 0 Å². The third-order valence-electron chi connectivity index (χ3n) is 3.14. The molecule has 0 amide bonds. The molecule has 1 nitrogen and oxygen atoms in total. The fraction of sp³-hybridized carbons (Fsp3) is 0.529. The smallest absolute Gasteiger partial charge is 0.134 e. The quantitative estimate of drug-likeness (QED) is 0.661. The van der Waals surface area contributed by atoms with E-state index in [1.165, 1.54) is 10.9 Å². The summed E-state index contributed by atoms with van der Waals surface area (Å²) in [4.78, 5) is 0. The first-order valence-electron chi connectivity index (χ1n) is 6.68. The molecule has 0 aliphatic rings. The highest BCUT2D eigenvalue weighted by molar-refractivity contribution is 5.79. The first kappa shape index (κ1) is 13.2. The standard InChI is InChI=1S/C17H24O/c1-16(2,3)11-14-10-12-9-13(17(4,5)6)7-8-15(12)18-14/h7-10H,11H2,1-6H3. The van der Waals surface area contributed by atoms with Gasteiger partial charge in [-0.15, -0.1) is 0 Å². The minimum atomic E-state index is 0.190. The number of furan rings is 1. The molecule has 1 heterocycles. The predicted octanol–water partition coefficient (Wildman–Crippen LogP) is 5.32. The molecule has 0 saturated heterocycles. The molecular formula is C17H24O. The summed E-state index contributed by atoms with van der Waals surface area (Å²) in [5.41, 5.74) is 2.82. The molecule has 98 valence electrons. The van der Waals surface area contributed by atoms with Gasteiger partial charge in [0.25, 0.3) is 0 Å². The highest BCUT2D eigenvalue weighted by Crippen LogP contribution is 2.30. The molecule has 0 aliphatic carbocycles. The van der Waals surface area contributed by atoms with Crippen molar-refractivity contribution in [1.82, 2.24) is 0 Å². The van der Waals surface area contributed by atoms with Gasteiger partial charge in [0.15, 0.2) is 0 Å².